The molecule has 0 aliphatic heterocycles. The largest absolute Gasteiger partial charge is 0.291 e. The summed E-state index contributed by atoms with van der Waals surface area (Å²) in [7, 11) is -2.17. The molecule has 8 nitrogen and oxygen atoms in total. The maximum atomic E-state index is 13.0. The van der Waals surface area contributed by atoms with Gasteiger partial charge in [-0.05, 0) is 26.0 Å². The molecule has 26 heavy (non-hydrogen) atoms. The Balaban J connectivity index is 2.07. The summed E-state index contributed by atoms with van der Waals surface area (Å²) in [4.78, 5) is 21.3. The van der Waals surface area contributed by atoms with Gasteiger partial charge < -0.3 is 0 Å². The maximum absolute atomic E-state index is 13.0. The topological polar surface area (TPSA) is 98.1 Å². The third-order valence-electron chi connectivity index (χ3n) is 3.84. The van der Waals surface area contributed by atoms with Gasteiger partial charge in [0, 0.05) is 30.4 Å². The van der Waals surface area contributed by atoms with Gasteiger partial charge in [-0.2, -0.15) is 9.40 Å². The lowest BCUT2D eigenvalue weighted by molar-refractivity contribution is 0.100. The molecular weight excluding hydrogens is 374 g/mol. The molecule has 3 aromatic rings. The second-order valence-corrected chi connectivity index (χ2v) is 8.44. The Labute approximate surface area is 155 Å². The maximum Gasteiger partial charge on any atom is 0.291 e. The summed E-state index contributed by atoms with van der Waals surface area (Å²) in [5.74, 6) is -0.705. The van der Waals surface area contributed by atoms with E-state index < -0.39 is 15.9 Å². The Morgan fingerprint density at radius 3 is 2.42 bits per heavy atom. The minimum absolute atomic E-state index is 0.0647. The van der Waals surface area contributed by atoms with Crippen LogP contribution in [0.15, 0.2) is 29.9 Å². The zero-order valence-electron chi connectivity index (χ0n) is 14.7. The normalized spacial score (nSPS) is 11.5. The van der Waals surface area contributed by atoms with Gasteiger partial charge in [-0.3, -0.25) is 14.5 Å². The van der Waals surface area contributed by atoms with Crippen LogP contribution in [0.25, 0.3) is 10.6 Å². The lowest BCUT2D eigenvalue weighted by Crippen LogP contribution is -2.37. The molecule has 1 amide bonds. The summed E-state index contributed by atoms with van der Waals surface area (Å²) in [6.45, 7) is 3.38. The van der Waals surface area contributed by atoms with Gasteiger partial charge in [0.1, 0.15) is 16.4 Å². The minimum Gasteiger partial charge on any atom is -0.270 e. The number of aryl methyl sites for hydroxylation is 2. The quantitative estimate of drug-likeness (QED) is 0.676. The monoisotopic (exact) mass is 391 g/mol. The van der Waals surface area contributed by atoms with E-state index in [4.69, 9.17) is 0 Å². The molecule has 0 saturated heterocycles. The fourth-order valence-electron chi connectivity index (χ4n) is 2.58. The zero-order valence-corrected chi connectivity index (χ0v) is 16.3. The molecule has 3 aromatic heterocycles. The number of thiazole rings is 1. The summed E-state index contributed by atoms with van der Waals surface area (Å²) >= 11 is 1.27. The van der Waals surface area contributed by atoms with E-state index in [0.29, 0.717) is 16.4 Å². The Hall–Kier alpha value is -2.59. The van der Waals surface area contributed by atoms with Gasteiger partial charge in [-0.15, -0.1) is 11.3 Å². The lowest BCUT2D eigenvalue weighted by atomic mass is 10.3. The number of carbonyl (C=O) groups is 1. The molecule has 0 aromatic carbocycles. The molecule has 10 heteroatoms. The average Bonchev–Trinajstić information content (AvgIpc) is 3.16. The highest BCUT2D eigenvalue weighted by Crippen LogP contribution is 2.29. The van der Waals surface area contributed by atoms with Crippen molar-refractivity contribution < 1.29 is 13.2 Å². The van der Waals surface area contributed by atoms with Crippen molar-refractivity contribution in [3.63, 3.8) is 0 Å². The predicted octanol–water partition coefficient (Wildman–Crippen LogP) is 2.16. The van der Waals surface area contributed by atoms with Crippen molar-refractivity contribution in [2.75, 3.05) is 10.6 Å². The van der Waals surface area contributed by atoms with Gasteiger partial charge in [0.2, 0.25) is 10.0 Å². The van der Waals surface area contributed by atoms with Crippen molar-refractivity contribution in [1.82, 2.24) is 19.7 Å². The number of rotatable bonds is 4. The predicted molar refractivity (Wildman–Crippen MR) is 99.7 cm³/mol. The highest BCUT2D eigenvalue weighted by atomic mass is 32.2. The summed E-state index contributed by atoms with van der Waals surface area (Å²) in [5.41, 5.74) is 2.16. The van der Waals surface area contributed by atoms with Gasteiger partial charge >= 0.3 is 0 Å². The van der Waals surface area contributed by atoms with E-state index in [-0.39, 0.29) is 11.4 Å². The number of hydrogen-bond acceptors (Lipinski definition) is 7. The molecule has 0 unspecified atom stereocenters. The molecular formula is C16H17N5O3S2. The third-order valence-corrected chi connectivity index (χ3v) is 5.74. The average molecular weight is 391 g/mol. The smallest absolute Gasteiger partial charge is 0.270 e. The van der Waals surface area contributed by atoms with Crippen molar-refractivity contribution in [2.45, 2.75) is 13.8 Å². The van der Waals surface area contributed by atoms with Crippen LogP contribution in [0.4, 0.5) is 5.69 Å². The zero-order chi connectivity index (χ0) is 19.1. The first kappa shape index (κ1) is 18.2. The Bertz CT molecular complexity index is 1070. The molecule has 3 rings (SSSR count). The number of aromatic nitrogens is 4. The minimum atomic E-state index is -3.87. The first-order valence-electron chi connectivity index (χ1n) is 7.61. The Morgan fingerprint density at radius 2 is 1.88 bits per heavy atom. The second-order valence-electron chi connectivity index (χ2n) is 5.75. The van der Waals surface area contributed by atoms with Crippen LogP contribution in [-0.4, -0.2) is 40.3 Å². The number of pyridine rings is 1. The molecule has 0 bridgehead atoms. The van der Waals surface area contributed by atoms with Crippen LogP contribution in [0.2, 0.25) is 0 Å². The van der Waals surface area contributed by atoms with Crippen molar-refractivity contribution in [2.24, 2.45) is 7.05 Å². The highest BCUT2D eigenvalue weighted by molar-refractivity contribution is 7.92. The van der Waals surface area contributed by atoms with Crippen LogP contribution in [-0.2, 0) is 17.1 Å². The van der Waals surface area contributed by atoms with Crippen molar-refractivity contribution in [3.8, 4) is 10.6 Å². The van der Waals surface area contributed by atoms with E-state index in [0.717, 1.165) is 16.1 Å². The molecule has 3 heterocycles. The van der Waals surface area contributed by atoms with E-state index in [2.05, 4.69) is 15.1 Å². The first-order valence-corrected chi connectivity index (χ1v) is 10.3. The number of nitrogens with zero attached hydrogens (tertiary/aromatic N) is 5. The number of anilines is 1. The SMILES string of the molecule is Cc1nn(C)c(C)c1N(C(=O)c1csc(-c2ccncc2)n1)S(C)(=O)=O. The van der Waals surface area contributed by atoms with Crippen LogP contribution in [0.1, 0.15) is 21.9 Å². The van der Waals surface area contributed by atoms with Gasteiger partial charge in [-0.25, -0.2) is 13.4 Å². The van der Waals surface area contributed by atoms with E-state index in [1.54, 1.807) is 55.5 Å². The lowest BCUT2D eigenvalue weighted by Gasteiger charge is -2.19. The number of carbonyl (C=O) groups excluding carboxylic acids is 1. The van der Waals surface area contributed by atoms with E-state index in [1.165, 1.54) is 11.3 Å². The standard InChI is InChI=1S/C16H17N5O3S2/c1-10-14(11(2)20(3)19-10)21(26(4,23)24)16(22)13-9-25-15(18-13)12-5-7-17-8-6-12/h5-9H,1-4H3. The fourth-order valence-corrected chi connectivity index (χ4v) is 4.37. The molecule has 0 atom stereocenters. The summed E-state index contributed by atoms with van der Waals surface area (Å²) in [6.07, 6.45) is 4.25. The highest BCUT2D eigenvalue weighted by Gasteiger charge is 2.32. The van der Waals surface area contributed by atoms with Crippen molar-refractivity contribution >= 4 is 33.0 Å². The van der Waals surface area contributed by atoms with Crippen molar-refractivity contribution in [1.29, 1.82) is 0 Å². The molecule has 136 valence electrons. The Morgan fingerprint density at radius 1 is 1.23 bits per heavy atom. The van der Waals surface area contributed by atoms with Crippen LogP contribution in [0.5, 0.6) is 0 Å². The number of hydrogen-bond donors (Lipinski definition) is 0. The summed E-state index contributed by atoms with van der Waals surface area (Å²) in [5, 5.41) is 6.38. The molecule has 0 aliphatic rings. The van der Waals surface area contributed by atoms with Crippen LogP contribution in [0.3, 0.4) is 0 Å². The van der Waals surface area contributed by atoms with Gasteiger partial charge in [-0.1, -0.05) is 0 Å². The molecule has 0 radical (unpaired) electrons. The first-order chi connectivity index (χ1) is 12.2. The summed E-state index contributed by atoms with van der Waals surface area (Å²) in [6, 6.07) is 3.55. The van der Waals surface area contributed by atoms with Gasteiger partial charge in [0.15, 0.2) is 0 Å². The van der Waals surface area contributed by atoms with Crippen LogP contribution >= 0.6 is 11.3 Å². The van der Waals surface area contributed by atoms with Gasteiger partial charge in [0.25, 0.3) is 5.91 Å². The van der Waals surface area contributed by atoms with Crippen LogP contribution < -0.4 is 4.31 Å². The second kappa shape index (κ2) is 6.61. The summed E-state index contributed by atoms with van der Waals surface area (Å²) < 4.78 is 27.1. The van der Waals surface area contributed by atoms with Gasteiger partial charge in [0.05, 0.1) is 17.6 Å². The molecule has 0 fully saturated rings. The number of amides is 1. The fraction of sp³-hybridized carbons (Fsp3) is 0.250. The Kier molecular flexibility index (Phi) is 4.63. The number of sulfonamides is 1. The van der Waals surface area contributed by atoms with Crippen LogP contribution in [0, 0.1) is 13.8 Å². The van der Waals surface area contributed by atoms with Crippen molar-refractivity contribution in [3.05, 3.63) is 47.0 Å². The van der Waals surface area contributed by atoms with E-state index in [1.807, 2.05) is 0 Å². The molecule has 0 aliphatic carbocycles. The molecule has 0 N–H and O–H groups in total. The van der Waals surface area contributed by atoms with E-state index in [9.17, 15) is 13.2 Å². The third kappa shape index (κ3) is 3.25. The molecule has 0 spiro atoms. The van der Waals surface area contributed by atoms with E-state index >= 15 is 0 Å². The molecule has 0 saturated carbocycles.